The summed E-state index contributed by atoms with van der Waals surface area (Å²) in [5.41, 5.74) is -0.487. The second-order valence-corrected chi connectivity index (χ2v) is 6.38. The average Bonchev–Trinajstić information content (AvgIpc) is 2.26. The van der Waals surface area contributed by atoms with Crippen molar-refractivity contribution in [2.24, 2.45) is 5.41 Å². The number of aliphatic carboxylic acids is 1. The first kappa shape index (κ1) is 15.9. The molecule has 2 N–H and O–H groups in total. The Kier molecular flexibility index (Phi) is 4.92. The lowest BCUT2D eigenvalue weighted by atomic mass is 9.86. The van der Waals surface area contributed by atoms with Crippen LogP contribution in [0.2, 0.25) is 5.15 Å². The van der Waals surface area contributed by atoms with Crippen LogP contribution < -0.4 is 5.32 Å². The molecule has 0 aliphatic rings. The fourth-order valence-corrected chi connectivity index (χ4v) is 1.96. The molecule has 1 atom stereocenters. The largest absolute Gasteiger partial charge is 0.480 e. The molecular formula is C12H14BrClN2O3. The van der Waals surface area contributed by atoms with E-state index in [0.717, 1.165) is 0 Å². The molecule has 0 saturated carbocycles. The minimum atomic E-state index is -1.10. The summed E-state index contributed by atoms with van der Waals surface area (Å²) in [6.07, 6.45) is 1.46. The Morgan fingerprint density at radius 1 is 1.47 bits per heavy atom. The maximum atomic E-state index is 12.1. The summed E-state index contributed by atoms with van der Waals surface area (Å²) in [7, 11) is 0. The first-order valence-electron chi connectivity index (χ1n) is 5.47. The molecule has 0 aliphatic heterocycles. The van der Waals surface area contributed by atoms with Gasteiger partial charge in [0.05, 0.1) is 5.56 Å². The van der Waals surface area contributed by atoms with E-state index in [9.17, 15) is 9.59 Å². The Morgan fingerprint density at radius 2 is 2.05 bits per heavy atom. The molecule has 7 heteroatoms. The second-order valence-electron chi connectivity index (χ2n) is 5.10. The normalized spacial score (nSPS) is 12.9. The number of hydrogen-bond acceptors (Lipinski definition) is 3. The molecule has 0 radical (unpaired) electrons. The molecule has 0 aromatic carbocycles. The lowest BCUT2D eigenvalue weighted by Gasteiger charge is -2.27. The number of pyridine rings is 1. The Balaban J connectivity index is 3.01. The van der Waals surface area contributed by atoms with Crippen LogP contribution in [0.3, 0.4) is 0 Å². The van der Waals surface area contributed by atoms with Gasteiger partial charge < -0.3 is 10.4 Å². The van der Waals surface area contributed by atoms with Gasteiger partial charge in [-0.1, -0.05) is 32.4 Å². The van der Waals surface area contributed by atoms with Gasteiger partial charge in [0.25, 0.3) is 5.91 Å². The zero-order valence-corrected chi connectivity index (χ0v) is 13.0. The summed E-state index contributed by atoms with van der Waals surface area (Å²) < 4.78 is 0.588. The van der Waals surface area contributed by atoms with Crippen molar-refractivity contribution < 1.29 is 14.7 Å². The number of nitrogens with zero attached hydrogens (tertiary/aromatic N) is 1. The highest BCUT2D eigenvalue weighted by Crippen LogP contribution is 2.22. The van der Waals surface area contributed by atoms with Crippen molar-refractivity contribution >= 4 is 39.4 Å². The standard InChI is InChI=1S/C12H14BrClN2O3/c1-12(2,3)8(11(18)19)16-10(17)7-4-6(13)5-15-9(7)14/h4-5,8H,1-3H3,(H,16,17)(H,18,19). The minimum Gasteiger partial charge on any atom is -0.480 e. The Hall–Kier alpha value is -1.14. The third-order valence-corrected chi connectivity index (χ3v) is 3.17. The Labute approximate surface area is 124 Å². The molecule has 0 spiro atoms. The molecule has 1 heterocycles. The molecule has 104 valence electrons. The molecule has 1 aromatic rings. The topological polar surface area (TPSA) is 79.3 Å². The van der Waals surface area contributed by atoms with Crippen LogP contribution >= 0.6 is 27.5 Å². The number of carbonyl (C=O) groups excluding carboxylic acids is 1. The van der Waals surface area contributed by atoms with Gasteiger partial charge in [0.2, 0.25) is 0 Å². The van der Waals surface area contributed by atoms with Gasteiger partial charge >= 0.3 is 5.97 Å². The van der Waals surface area contributed by atoms with Gasteiger partial charge in [0, 0.05) is 10.7 Å². The molecular weight excluding hydrogens is 336 g/mol. The van der Waals surface area contributed by atoms with Crippen molar-refractivity contribution in [1.29, 1.82) is 0 Å². The van der Waals surface area contributed by atoms with Crippen molar-refractivity contribution in [2.75, 3.05) is 0 Å². The number of nitrogens with one attached hydrogen (secondary N) is 1. The summed E-state index contributed by atoms with van der Waals surface area (Å²) in [5.74, 6) is -1.67. The quantitative estimate of drug-likeness (QED) is 0.822. The number of amides is 1. The Bertz CT molecular complexity index is 514. The summed E-state index contributed by atoms with van der Waals surface area (Å²) in [6.45, 7) is 5.19. The van der Waals surface area contributed by atoms with Gasteiger partial charge in [0.15, 0.2) is 0 Å². The van der Waals surface area contributed by atoms with Crippen molar-refractivity contribution in [3.63, 3.8) is 0 Å². The summed E-state index contributed by atoms with van der Waals surface area (Å²) in [6, 6.07) is 0.474. The molecule has 0 saturated heterocycles. The van der Waals surface area contributed by atoms with Crippen molar-refractivity contribution in [3.05, 3.63) is 27.5 Å². The van der Waals surface area contributed by atoms with Crippen LogP contribution in [0.25, 0.3) is 0 Å². The number of aromatic nitrogens is 1. The lowest BCUT2D eigenvalue weighted by Crippen LogP contribution is -2.49. The van der Waals surface area contributed by atoms with Gasteiger partial charge in [-0.2, -0.15) is 0 Å². The molecule has 0 fully saturated rings. The van der Waals surface area contributed by atoms with E-state index in [-0.39, 0.29) is 10.7 Å². The van der Waals surface area contributed by atoms with Gasteiger partial charge in [-0.25, -0.2) is 9.78 Å². The molecule has 1 rings (SSSR count). The first-order chi connectivity index (χ1) is 8.62. The highest BCUT2D eigenvalue weighted by Gasteiger charge is 2.33. The lowest BCUT2D eigenvalue weighted by molar-refractivity contribution is -0.142. The fourth-order valence-electron chi connectivity index (χ4n) is 1.44. The summed E-state index contributed by atoms with van der Waals surface area (Å²) in [4.78, 5) is 27.1. The molecule has 0 aliphatic carbocycles. The third kappa shape index (κ3) is 4.18. The van der Waals surface area contributed by atoms with E-state index in [1.165, 1.54) is 12.3 Å². The van der Waals surface area contributed by atoms with E-state index in [2.05, 4.69) is 26.2 Å². The molecule has 19 heavy (non-hydrogen) atoms. The number of carboxylic acids is 1. The molecule has 1 unspecified atom stereocenters. The smallest absolute Gasteiger partial charge is 0.326 e. The first-order valence-corrected chi connectivity index (χ1v) is 6.64. The van der Waals surface area contributed by atoms with E-state index in [1.54, 1.807) is 20.8 Å². The fraction of sp³-hybridized carbons (Fsp3) is 0.417. The van der Waals surface area contributed by atoms with Crippen LogP contribution in [0.4, 0.5) is 0 Å². The zero-order valence-electron chi connectivity index (χ0n) is 10.7. The van der Waals surface area contributed by atoms with E-state index in [4.69, 9.17) is 16.7 Å². The highest BCUT2D eigenvalue weighted by atomic mass is 79.9. The van der Waals surface area contributed by atoms with Crippen LogP contribution in [0.1, 0.15) is 31.1 Å². The number of carbonyl (C=O) groups is 2. The van der Waals surface area contributed by atoms with E-state index >= 15 is 0 Å². The van der Waals surface area contributed by atoms with Gasteiger partial charge in [-0.3, -0.25) is 4.79 Å². The van der Waals surface area contributed by atoms with Gasteiger partial charge in [-0.15, -0.1) is 0 Å². The van der Waals surface area contributed by atoms with Gasteiger partial charge in [-0.05, 0) is 27.4 Å². The molecule has 1 amide bonds. The Morgan fingerprint density at radius 3 is 2.53 bits per heavy atom. The summed E-state index contributed by atoms with van der Waals surface area (Å²) in [5, 5.41) is 11.6. The highest BCUT2D eigenvalue weighted by molar-refractivity contribution is 9.10. The minimum absolute atomic E-state index is 0.0266. The van der Waals surface area contributed by atoms with E-state index in [0.29, 0.717) is 4.47 Å². The van der Waals surface area contributed by atoms with Crippen molar-refractivity contribution in [1.82, 2.24) is 10.3 Å². The van der Waals surface area contributed by atoms with Gasteiger partial charge in [0.1, 0.15) is 11.2 Å². The van der Waals surface area contributed by atoms with E-state index < -0.39 is 23.3 Å². The zero-order chi connectivity index (χ0) is 14.8. The number of hydrogen-bond donors (Lipinski definition) is 2. The number of rotatable bonds is 3. The third-order valence-electron chi connectivity index (χ3n) is 2.44. The second kappa shape index (κ2) is 5.88. The van der Waals surface area contributed by atoms with Crippen LogP contribution in [-0.2, 0) is 4.79 Å². The number of carboxylic acid groups (broad SMARTS) is 1. The van der Waals surface area contributed by atoms with Crippen LogP contribution in [0, 0.1) is 5.41 Å². The molecule has 1 aromatic heterocycles. The number of halogens is 2. The predicted molar refractivity (Wildman–Crippen MR) is 75.3 cm³/mol. The van der Waals surface area contributed by atoms with E-state index in [1.807, 2.05) is 0 Å². The SMILES string of the molecule is CC(C)(C)C(NC(=O)c1cc(Br)cnc1Cl)C(=O)O. The summed E-state index contributed by atoms with van der Waals surface area (Å²) >= 11 is 9.01. The molecule has 0 bridgehead atoms. The van der Waals surface area contributed by atoms with Crippen LogP contribution in [0.15, 0.2) is 16.7 Å². The van der Waals surface area contributed by atoms with Crippen LogP contribution in [-0.4, -0.2) is 28.0 Å². The average molecular weight is 350 g/mol. The van der Waals surface area contributed by atoms with Crippen molar-refractivity contribution in [3.8, 4) is 0 Å². The maximum absolute atomic E-state index is 12.1. The molecule has 5 nitrogen and oxygen atoms in total. The maximum Gasteiger partial charge on any atom is 0.326 e. The van der Waals surface area contributed by atoms with Crippen molar-refractivity contribution in [2.45, 2.75) is 26.8 Å². The predicted octanol–water partition coefficient (Wildman–Crippen LogP) is 2.73. The van der Waals surface area contributed by atoms with Crippen LogP contribution in [0.5, 0.6) is 0 Å². The monoisotopic (exact) mass is 348 g/mol.